The quantitative estimate of drug-likeness (QED) is 0.389. The second kappa shape index (κ2) is 9.54. The molecule has 0 aromatic heterocycles. The van der Waals surface area contributed by atoms with Crippen LogP contribution in [0.2, 0.25) is 0 Å². The minimum atomic E-state index is 0.367. The van der Waals surface area contributed by atoms with E-state index in [0.717, 1.165) is 54.6 Å². The third kappa shape index (κ3) is 4.07. The molecule has 4 fully saturated rings. The van der Waals surface area contributed by atoms with E-state index < -0.39 is 0 Å². The number of aliphatic imine (C=N–C) groups is 2. The van der Waals surface area contributed by atoms with Crippen LogP contribution in [0.3, 0.4) is 0 Å². The van der Waals surface area contributed by atoms with E-state index in [1.165, 1.54) is 69.2 Å². The van der Waals surface area contributed by atoms with Crippen molar-refractivity contribution in [3.8, 4) is 0 Å². The number of unbranched alkanes of at least 4 members (excludes halogenated alkanes) is 2. The van der Waals surface area contributed by atoms with E-state index in [-0.39, 0.29) is 0 Å². The van der Waals surface area contributed by atoms with Crippen LogP contribution < -0.4 is 4.90 Å². The standard InChI is InChI=1S/C31H45N5/c1-5-7-13-35-27-12-10-9-11-26(27)33-30-28(35)18-29(34(4)36(30)14-8-6-2)32-22(3)31-19-23-15-24(20-31)17-25(16-23)21-31/h9-12,18,22-25H,5-8,13-17,19-21H2,1-4H3/t22-,23?,24?,25?,31?/m0/s1. The van der Waals surface area contributed by atoms with Crippen molar-refractivity contribution in [2.45, 2.75) is 91.0 Å². The summed E-state index contributed by atoms with van der Waals surface area (Å²) in [6, 6.07) is 9.02. The Balaban J connectivity index is 1.39. The van der Waals surface area contributed by atoms with Gasteiger partial charge in [-0.05, 0) is 93.6 Å². The van der Waals surface area contributed by atoms with Crippen molar-refractivity contribution in [3.63, 3.8) is 0 Å². The number of rotatable bonds is 8. The van der Waals surface area contributed by atoms with Crippen LogP contribution in [0.4, 0.5) is 11.4 Å². The molecule has 0 amide bonds. The first kappa shape index (κ1) is 24.1. The van der Waals surface area contributed by atoms with E-state index in [9.17, 15) is 0 Å². The molecule has 5 nitrogen and oxygen atoms in total. The van der Waals surface area contributed by atoms with Crippen LogP contribution in [-0.2, 0) is 0 Å². The number of anilines is 1. The molecule has 0 unspecified atom stereocenters. The number of hydrazine groups is 1. The van der Waals surface area contributed by atoms with Gasteiger partial charge in [0.2, 0.25) is 0 Å². The number of hydrogen-bond donors (Lipinski definition) is 0. The van der Waals surface area contributed by atoms with Gasteiger partial charge in [0, 0.05) is 26.2 Å². The normalized spacial score (nSPS) is 32.4. The zero-order valence-electron chi connectivity index (χ0n) is 22.9. The first-order valence-corrected chi connectivity index (χ1v) is 14.8. The Labute approximate surface area is 218 Å². The van der Waals surface area contributed by atoms with Gasteiger partial charge in [0.25, 0.3) is 0 Å². The molecule has 36 heavy (non-hydrogen) atoms. The van der Waals surface area contributed by atoms with Crippen LogP contribution in [0.1, 0.15) is 85.0 Å². The second-order valence-corrected chi connectivity index (χ2v) is 12.4. The predicted molar refractivity (Wildman–Crippen MR) is 151 cm³/mol. The highest BCUT2D eigenvalue weighted by Gasteiger charge is 2.53. The number of para-hydroxylation sites is 2. The summed E-state index contributed by atoms with van der Waals surface area (Å²) in [6.45, 7) is 8.97. The molecule has 4 bridgehead atoms. The summed E-state index contributed by atoms with van der Waals surface area (Å²) >= 11 is 0. The lowest BCUT2D eigenvalue weighted by molar-refractivity contribution is -0.0635. The zero-order chi connectivity index (χ0) is 24.9. The Morgan fingerprint density at radius 3 is 2.28 bits per heavy atom. The van der Waals surface area contributed by atoms with E-state index in [1.807, 2.05) is 0 Å². The van der Waals surface area contributed by atoms with E-state index in [0.29, 0.717) is 11.5 Å². The van der Waals surface area contributed by atoms with Crippen molar-refractivity contribution in [3.05, 3.63) is 36.0 Å². The van der Waals surface area contributed by atoms with Gasteiger partial charge < -0.3 is 4.90 Å². The molecule has 1 aromatic carbocycles. The Morgan fingerprint density at radius 2 is 1.61 bits per heavy atom. The summed E-state index contributed by atoms with van der Waals surface area (Å²) in [5.74, 6) is 5.08. The SMILES string of the molecule is CCCCN1C2=CC(=N[C@@H](C)C34CC5CC(CC(C5)C3)C4)N(C)N(CCCC)C2=Nc2ccccc21. The second-order valence-electron chi connectivity index (χ2n) is 12.4. The minimum Gasteiger partial charge on any atom is -0.337 e. The number of hydrogen-bond acceptors (Lipinski definition) is 4. The minimum absolute atomic E-state index is 0.367. The van der Waals surface area contributed by atoms with Crippen LogP contribution >= 0.6 is 0 Å². The molecule has 0 spiro atoms. The fourth-order valence-corrected chi connectivity index (χ4v) is 8.29. The van der Waals surface area contributed by atoms with Crippen molar-refractivity contribution in [2.24, 2.45) is 33.2 Å². The maximum Gasteiger partial charge on any atom is 0.172 e. The third-order valence-corrected chi connectivity index (χ3v) is 9.88. The van der Waals surface area contributed by atoms with Crippen molar-refractivity contribution >= 4 is 23.0 Å². The van der Waals surface area contributed by atoms with Gasteiger partial charge in [-0.15, -0.1) is 0 Å². The number of benzene rings is 1. The molecule has 4 aliphatic carbocycles. The van der Waals surface area contributed by atoms with Crippen LogP contribution in [0.5, 0.6) is 0 Å². The van der Waals surface area contributed by atoms with Crippen LogP contribution in [0.25, 0.3) is 0 Å². The largest absolute Gasteiger partial charge is 0.337 e. The molecule has 194 valence electrons. The molecule has 6 aliphatic rings. The van der Waals surface area contributed by atoms with E-state index in [1.54, 1.807) is 0 Å². The Kier molecular flexibility index (Phi) is 6.37. The summed E-state index contributed by atoms with van der Waals surface area (Å²) in [4.78, 5) is 13.3. The summed E-state index contributed by atoms with van der Waals surface area (Å²) in [7, 11) is 2.20. The summed E-state index contributed by atoms with van der Waals surface area (Å²) in [5, 5.41) is 4.71. The molecule has 5 heteroatoms. The zero-order valence-corrected chi connectivity index (χ0v) is 22.9. The lowest BCUT2D eigenvalue weighted by atomic mass is 9.48. The fraction of sp³-hybridized carbons (Fsp3) is 0.677. The molecule has 0 saturated heterocycles. The Hall–Kier alpha value is -2.30. The Bertz CT molecular complexity index is 1030. The highest BCUT2D eigenvalue weighted by molar-refractivity contribution is 6.14. The highest BCUT2D eigenvalue weighted by atomic mass is 15.7. The average Bonchev–Trinajstić information content (AvgIpc) is 2.86. The van der Waals surface area contributed by atoms with Crippen LogP contribution in [-0.4, -0.2) is 47.9 Å². The van der Waals surface area contributed by atoms with Gasteiger partial charge in [0.1, 0.15) is 5.84 Å². The average molecular weight is 488 g/mol. The fourth-order valence-electron chi connectivity index (χ4n) is 8.29. The predicted octanol–water partition coefficient (Wildman–Crippen LogP) is 7.19. The summed E-state index contributed by atoms with van der Waals surface area (Å²) in [6.07, 6.45) is 15.7. The first-order chi connectivity index (χ1) is 17.5. The monoisotopic (exact) mass is 487 g/mol. The molecule has 1 aromatic rings. The van der Waals surface area contributed by atoms with Crippen molar-refractivity contribution < 1.29 is 0 Å². The van der Waals surface area contributed by atoms with Gasteiger partial charge in [-0.25, -0.2) is 4.99 Å². The van der Waals surface area contributed by atoms with Crippen molar-refractivity contribution in [1.82, 2.24) is 10.0 Å². The topological polar surface area (TPSA) is 34.4 Å². The maximum atomic E-state index is 5.57. The first-order valence-electron chi connectivity index (χ1n) is 14.8. The number of fused-ring (bicyclic) bond motifs is 2. The molecule has 0 N–H and O–H groups in total. The number of nitrogens with zero attached hydrogens (tertiary/aromatic N) is 5. The van der Waals surface area contributed by atoms with Crippen LogP contribution in [0, 0.1) is 23.2 Å². The van der Waals surface area contributed by atoms with Gasteiger partial charge in [-0.1, -0.05) is 38.8 Å². The van der Waals surface area contributed by atoms with E-state index >= 15 is 0 Å². The smallest absolute Gasteiger partial charge is 0.172 e. The molecular weight excluding hydrogens is 442 g/mol. The highest BCUT2D eigenvalue weighted by Crippen LogP contribution is 2.61. The number of likely N-dealkylation sites (N-methyl/N-ethyl adjacent to an activating group) is 1. The molecule has 1 atom stereocenters. The Morgan fingerprint density at radius 1 is 0.972 bits per heavy atom. The lowest BCUT2D eigenvalue weighted by Crippen LogP contribution is -2.55. The van der Waals surface area contributed by atoms with E-state index in [2.05, 4.69) is 73.1 Å². The van der Waals surface area contributed by atoms with E-state index in [4.69, 9.17) is 9.98 Å². The summed E-state index contributed by atoms with van der Waals surface area (Å²) in [5.41, 5.74) is 3.96. The lowest BCUT2D eigenvalue weighted by Gasteiger charge is -2.58. The van der Waals surface area contributed by atoms with Crippen LogP contribution in [0.15, 0.2) is 46.0 Å². The molecule has 7 rings (SSSR count). The van der Waals surface area contributed by atoms with Gasteiger partial charge in [0.05, 0.1) is 23.1 Å². The van der Waals surface area contributed by atoms with Gasteiger partial charge >= 0.3 is 0 Å². The van der Waals surface area contributed by atoms with Crippen molar-refractivity contribution in [1.29, 1.82) is 0 Å². The molecule has 4 saturated carbocycles. The van der Waals surface area contributed by atoms with Crippen molar-refractivity contribution in [2.75, 3.05) is 25.0 Å². The molecule has 2 heterocycles. The molecule has 2 aliphatic heterocycles. The molecular formula is C31H45N5. The number of amidine groups is 2. The van der Waals surface area contributed by atoms with Gasteiger partial charge in [-0.2, -0.15) is 0 Å². The van der Waals surface area contributed by atoms with Gasteiger partial charge in [0.15, 0.2) is 5.84 Å². The maximum absolute atomic E-state index is 5.57. The molecule has 0 radical (unpaired) electrons. The summed E-state index contributed by atoms with van der Waals surface area (Å²) < 4.78 is 0. The third-order valence-electron chi connectivity index (χ3n) is 9.88. The van der Waals surface area contributed by atoms with Gasteiger partial charge in [-0.3, -0.25) is 15.0 Å².